The predicted molar refractivity (Wildman–Crippen MR) is 65.9 cm³/mol. The van der Waals surface area contributed by atoms with Crippen LogP contribution in [-0.2, 0) is 0 Å². The lowest BCUT2D eigenvalue weighted by Gasteiger charge is -2.32. The average Bonchev–Trinajstić information content (AvgIpc) is 2.16. The maximum absolute atomic E-state index is 4.37. The van der Waals surface area contributed by atoms with Gasteiger partial charge in [0.1, 0.15) is 0 Å². The molecule has 0 spiro atoms. The first-order valence-corrected chi connectivity index (χ1v) is 6.52. The third-order valence-corrected chi connectivity index (χ3v) is 4.32. The molecule has 0 heterocycles. The van der Waals surface area contributed by atoms with E-state index in [1.165, 1.54) is 19.3 Å². The second-order valence-electron chi connectivity index (χ2n) is 3.85. The Morgan fingerprint density at radius 1 is 0.667 bits per heavy atom. The van der Waals surface area contributed by atoms with E-state index in [4.69, 9.17) is 0 Å². The largest absolute Gasteiger partial charge is 0.179 e. The van der Waals surface area contributed by atoms with Crippen molar-refractivity contribution in [3.63, 3.8) is 0 Å². The molecule has 1 aliphatic rings. The number of hydrogen-bond donors (Lipinski definition) is 3. The van der Waals surface area contributed by atoms with Crippen LogP contribution < -0.4 is 0 Å². The van der Waals surface area contributed by atoms with Crippen LogP contribution in [0.1, 0.15) is 19.3 Å². The summed E-state index contributed by atoms with van der Waals surface area (Å²) < 4.78 is 0. The monoisotopic (exact) mass is 222 g/mol. The molecular weight excluding hydrogens is 204 g/mol. The van der Waals surface area contributed by atoms with Crippen molar-refractivity contribution in [2.45, 2.75) is 19.3 Å². The molecule has 0 amide bonds. The minimum atomic E-state index is 0.816. The highest BCUT2D eigenvalue weighted by atomic mass is 32.1. The van der Waals surface area contributed by atoms with Gasteiger partial charge >= 0.3 is 0 Å². The molecule has 1 rings (SSSR count). The molecule has 1 saturated carbocycles. The highest BCUT2D eigenvalue weighted by molar-refractivity contribution is 7.80. The Hall–Kier alpha value is 1.05. The Balaban J connectivity index is 2.41. The fourth-order valence-electron chi connectivity index (χ4n) is 2.15. The maximum atomic E-state index is 4.37. The van der Waals surface area contributed by atoms with E-state index in [1.54, 1.807) is 0 Å². The normalized spacial score (nSPS) is 36.8. The maximum Gasteiger partial charge on any atom is -0.00693 e. The lowest BCUT2D eigenvalue weighted by Crippen LogP contribution is -2.25. The molecule has 0 bridgehead atoms. The Labute approximate surface area is 92.1 Å². The number of rotatable bonds is 3. The quantitative estimate of drug-likeness (QED) is 0.601. The van der Waals surface area contributed by atoms with Crippen LogP contribution in [0.25, 0.3) is 0 Å². The molecule has 12 heavy (non-hydrogen) atoms. The van der Waals surface area contributed by atoms with E-state index in [9.17, 15) is 0 Å². The Kier molecular flexibility index (Phi) is 5.30. The molecule has 0 aliphatic heterocycles. The summed E-state index contributed by atoms with van der Waals surface area (Å²) in [7, 11) is 0. The van der Waals surface area contributed by atoms with E-state index >= 15 is 0 Å². The fraction of sp³-hybridized carbons (Fsp3) is 1.00. The minimum Gasteiger partial charge on any atom is -0.179 e. The molecule has 72 valence electrons. The van der Waals surface area contributed by atoms with E-state index in [0.717, 1.165) is 35.0 Å². The summed E-state index contributed by atoms with van der Waals surface area (Å²) in [5, 5.41) is 0. The van der Waals surface area contributed by atoms with Crippen LogP contribution in [0.3, 0.4) is 0 Å². The van der Waals surface area contributed by atoms with Crippen molar-refractivity contribution < 1.29 is 0 Å². The van der Waals surface area contributed by atoms with Crippen molar-refractivity contribution in [1.82, 2.24) is 0 Å². The second kappa shape index (κ2) is 5.71. The second-order valence-corrected chi connectivity index (χ2v) is 4.95. The molecule has 0 aromatic rings. The predicted octanol–water partition coefficient (Wildman–Crippen LogP) is 2.81. The van der Waals surface area contributed by atoms with Gasteiger partial charge in [0.05, 0.1) is 0 Å². The fourth-order valence-corrected chi connectivity index (χ4v) is 3.04. The molecule has 0 aromatic heterocycles. The molecular formula is C9H18S3. The molecule has 0 aromatic carbocycles. The van der Waals surface area contributed by atoms with Crippen molar-refractivity contribution in [3.8, 4) is 0 Å². The number of hydrogen-bond acceptors (Lipinski definition) is 3. The summed E-state index contributed by atoms with van der Waals surface area (Å²) in [6.07, 6.45) is 3.99. The molecule has 1 fully saturated rings. The molecule has 0 N–H and O–H groups in total. The van der Waals surface area contributed by atoms with Crippen LogP contribution in [0.2, 0.25) is 0 Å². The van der Waals surface area contributed by atoms with E-state index in [1.807, 2.05) is 0 Å². The van der Waals surface area contributed by atoms with Gasteiger partial charge in [0.2, 0.25) is 0 Å². The van der Waals surface area contributed by atoms with Crippen LogP contribution in [-0.4, -0.2) is 17.3 Å². The van der Waals surface area contributed by atoms with Gasteiger partial charge in [0.25, 0.3) is 0 Å². The van der Waals surface area contributed by atoms with Gasteiger partial charge in [0.15, 0.2) is 0 Å². The zero-order valence-corrected chi connectivity index (χ0v) is 10.00. The van der Waals surface area contributed by atoms with Crippen molar-refractivity contribution in [2.75, 3.05) is 17.3 Å². The Bertz CT molecular complexity index is 97.2. The molecule has 0 unspecified atom stereocenters. The minimum absolute atomic E-state index is 0.816. The lowest BCUT2D eigenvalue weighted by molar-refractivity contribution is 0.244. The third kappa shape index (κ3) is 3.08. The molecule has 3 heteroatoms. The van der Waals surface area contributed by atoms with Gasteiger partial charge in [-0.2, -0.15) is 37.9 Å². The summed E-state index contributed by atoms with van der Waals surface area (Å²) in [5.74, 6) is 5.56. The smallest absolute Gasteiger partial charge is 0.00693 e. The van der Waals surface area contributed by atoms with E-state index in [2.05, 4.69) is 37.9 Å². The molecule has 0 atom stereocenters. The lowest BCUT2D eigenvalue weighted by atomic mass is 9.77. The average molecular weight is 222 g/mol. The van der Waals surface area contributed by atoms with Crippen LogP contribution >= 0.6 is 37.9 Å². The summed E-state index contributed by atoms with van der Waals surface area (Å²) >= 11 is 13.1. The first-order valence-electron chi connectivity index (χ1n) is 4.62. The first kappa shape index (κ1) is 11.1. The van der Waals surface area contributed by atoms with E-state index in [0.29, 0.717) is 0 Å². The van der Waals surface area contributed by atoms with Crippen molar-refractivity contribution in [1.29, 1.82) is 0 Å². The highest BCUT2D eigenvalue weighted by Crippen LogP contribution is 2.34. The van der Waals surface area contributed by atoms with Gasteiger partial charge < -0.3 is 0 Å². The third-order valence-electron chi connectivity index (χ3n) is 2.77. The summed E-state index contributed by atoms with van der Waals surface area (Å²) in [6, 6.07) is 0. The summed E-state index contributed by atoms with van der Waals surface area (Å²) in [5.41, 5.74) is 0. The number of thiol groups is 3. The molecule has 0 saturated heterocycles. The van der Waals surface area contributed by atoms with Crippen LogP contribution in [0.5, 0.6) is 0 Å². The SMILES string of the molecule is SCC1CC(CS)CC(CS)C1. The van der Waals surface area contributed by atoms with E-state index in [-0.39, 0.29) is 0 Å². The molecule has 0 nitrogen and oxygen atoms in total. The standard InChI is InChI=1S/C9H18S3/c10-4-7-1-8(5-11)3-9(2-7)6-12/h7-12H,1-6H2. The van der Waals surface area contributed by atoms with Crippen molar-refractivity contribution >= 4 is 37.9 Å². The Morgan fingerprint density at radius 2 is 0.917 bits per heavy atom. The van der Waals surface area contributed by atoms with Gasteiger partial charge in [-0.3, -0.25) is 0 Å². The molecule has 0 radical (unpaired) electrons. The Morgan fingerprint density at radius 3 is 1.08 bits per heavy atom. The van der Waals surface area contributed by atoms with Crippen LogP contribution in [0, 0.1) is 17.8 Å². The summed E-state index contributed by atoms with van der Waals surface area (Å²) in [6.45, 7) is 0. The van der Waals surface area contributed by atoms with E-state index < -0.39 is 0 Å². The van der Waals surface area contributed by atoms with Gasteiger partial charge in [-0.05, 0) is 54.3 Å². The first-order chi connectivity index (χ1) is 5.80. The topological polar surface area (TPSA) is 0 Å². The van der Waals surface area contributed by atoms with Gasteiger partial charge in [-0.15, -0.1) is 0 Å². The van der Waals surface area contributed by atoms with Gasteiger partial charge in [-0.1, -0.05) is 0 Å². The molecule has 1 aliphatic carbocycles. The van der Waals surface area contributed by atoms with Gasteiger partial charge in [-0.25, -0.2) is 0 Å². The zero-order valence-electron chi connectivity index (χ0n) is 7.32. The highest BCUT2D eigenvalue weighted by Gasteiger charge is 2.26. The van der Waals surface area contributed by atoms with Crippen LogP contribution in [0.4, 0.5) is 0 Å². The summed E-state index contributed by atoms with van der Waals surface area (Å²) in [4.78, 5) is 0. The zero-order chi connectivity index (χ0) is 8.97. The van der Waals surface area contributed by atoms with Gasteiger partial charge in [0, 0.05) is 0 Å². The van der Waals surface area contributed by atoms with Crippen LogP contribution in [0.15, 0.2) is 0 Å². The van der Waals surface area contributed by atoms with Crippen molar-refractivity contribution in [3.05, 3.63) is 0 Å². The van der Waals surface area contributed by atoms with Crippen molar-refractivity contribution in [2.24, 2.45) is 17.8 Å².